The number of pyridine rings is 1. The Labute approximate surface area is 237 Å². The number of carbonyl (C=O) groups is 1. The number of hydrogen-bond acceptors (Lipinski definition) is 7. The number of carbonyl (C=O) groups excluding carboxylic acids is 1. The van der Waals surface area contributed by atoms with Crippen molar-refractivity contribution in [1.29, 1.82) is 0 Å². The Morgan fingerprint density at radius 1 is 1.07 bits per heavy atom. The molecule has 0 radical (unpaired) electrons. The lowest BCUT2D eigenvalue weighted by molar-refractivity contribution is -0.274. The molecule has 3 heterocycles. The number of fused-ring (bicyclic) bond motifs is 1. The Morgan fingerprint density at radius 3 is 2.50 bits per heavy atom. The summed E-state index contributed by atoms with van der Waals surface area (Å²) in [5.74, 6) is -1.77. The Balaban J connectivity index is 1.36. The molecule has 2 aromatic carbocycles. The van der Waals surface area contributed by atoms with Crippen molar-refractivity contribution in [2.75, 3.05) is 38.5 Å². The van der Waals surface area contributed by atoms with Crippen LogP contribution >= 0.6 is 0 Å². The maximum Gasteiger partial charge on any atom is 0.573 e. The van der Waals surface area contributed by atoms with Gasteiger partial charge in [0.2, 0.25) is 5.91 Å². The van der Waals surface area contributed by atoms with E-state index in [1.54, 1.807) is 18.3 Å². The average molecular weight is 583 g/mol. The van der Waals surface area contributed by atoms with Gasteiger partial charge in [-0.15, -0.1) is 13.2 Å². The first-order valence-electron chi connectivity index (χ1n) is 13.3. The van der Waals surface area contributed by atoms with Crippen LogP contribution in [-0.2, 0) is 4.79 Å². The molecule has 42 heavy (non-hydrogen) atoms. The molecule has 1 N–H and O–H groups in total. The summed E-state index contributed by atoms with van der Waals surface area (Å²) in [7, 11) is 1.99. The van der Waals surface area contributed by atoms with Crippen molar-refractivity contribution in [3.63, 3.8) is 0 Å². The second-order valence-electron chi connectivity index (χ2n) is 10.5. The molecule has 218 valence electrons. The number of hydrogen-bond donors (Lipinski definition) is 1. The van der Waals surface area contributed by atoms with Crippen molar-refractivity contribution >= 4 is 22.5 Å². The van der Waals surface area contributed by atoms with Crippen LogP contribution in [0.3, 0.4) is 0 Å². The third-order valence-electron chi connectivity index (χ3n) is 7.81. The van der Waals surface area contributed by atoms with E-state index in [0.29, 0.717) is 31.5 Å². The molecule has 9 nitrogen and oxygen atoms in total. The van der Waals surface area contributed by atoms with E-state index in [2.05, 4.69) is 29.8 Å². The van der Waals surface area contributed by atoms with E-state index in [0.717, 1.165) is 30.1 Å². The van der Waals surface area contributed by atoms with E-state index in [9.17, 15) is 22.8 Å². The van der Waals surface area contributed by atoms with Gasteiger partial charge in [0.1, 0.15) is 17.4 Å². The molecule has 0 atom stereocenters. The fourth-order valence-corrected chi connectivity index (χ4v) is 5.35. The third kappa shape index (κ3) is 5.21. The summed E-state index contributed by atoms with van der Waals surface area (Å²) in [5.41, 5.74) is -1.03. The smallest absolute Gasteiger partial charge is 0.404 e. The number of likely N-dealkylation sites (N-methyl/N-ethyl adjacent to an activating group) is 1. The SMILES string of the molecule is CN1CCN(C2(C(=O)Nc3cc(-n4cnc5c(F)c(-c6cccnc6)ccc5c4=O)ccc3OC(F)(F)F)CC2)CC1. The molecule has 0 bridgehead atoms. The van der Waals surface area contributed by atoms with Gasteiger partial charge in [-0.1, -0.05) is 12.1 Å². The summed E-state index contributed by atoms with van der Waals surface area (Å²) in [4.78, 5) is 39.2. The van der Waals surface area contributed by atoms with E-state index in [4.69, 9.17) is 0 Å². The van der Waals surface area contributed by atoms with Crippen LogP contribution in [0.25, 0.3) is 27.7 Å². The van der Waals surface area contributed by atoms with Crippen LogP contribution in [0.15, 0.2) is 66.0 Å². The quantitative estimate of drug-likeness (QED) is 0.341. The number of rotatable bonds is 6. The summed E-state index contributed by atoms with van der Waals surface area (Å²) < 4.78 is 60.3. The number of amides is 1. The van der Waals surface area contributed by atoms with Crippen molar-refractivity contribution < 1.29 is 27.1 Å². The van der Waals surface area contributed by atoms with Crippen LogP contribution in [0.1, 0.15) is 12.8 Å². The number of anilines is 1. The first-order chi connectivity index (χ1) is 20.1. The fourth-order valence-electron chi connectivity index (χ4n) is 5.35. The van der Waals surface area contributed by atoms with Gasteiger partial charge in [-0.2, -0.15) is 0 Å². The molecule has 1 saturated carbocycles. The Morgan fingerprint density at radius 2 is 1.83 bits per heavy atom. The number of nitrogens with zero attached hydrogens (tertiary/aromatic N) is 5. The highest BCUT2D eigenvalue weighted by Crippen LogP contribution is 2.44. The van der Waals surface area contributed by atoms with E-state index in [-0.39, 0.29) is 27.8 Å². The monoisotopic (exact) mass is 582 g/mol. The van der Waals surface area contributed by atoms with Gasteiger partial charge in [0.15, 0.2) is 11.6 Å². The summed E-state index contributed by atoms with van der Waals surface area (Å²) >= 11 is 0. The lowest BCUT2D eigenvalue weighted by Crippen LogP contribution is -2.54. The van der Waals surface area contributed by atoms with Crippen molar-refractivity contribution in [3.8, 4) is 22.6 Å². The maximum atomic E-state index is 15.4. The number of aromatic nitrogens is 3. The zero-order valence-electron chi connectivity index (χ0n) is 22.5. The van der Waals surface area contributed by atoms with Crippen LogP contribution < -0.4 is 15.6 Å². The molecule has 1 amide bonds. The maximum absolute atomic E-state index is 15.4. The Bertz CT molecular complexity index is 1710. The minimum absolute atomic E-state index is 0.0316. The molecular formula is C29H26F4N6O3. The van der Waals surface area contributed by atoms with Gasteiger partial charge in [0.05, 0.1) is 16.8 Å². The molecule has 2 aromatic heterocycles. The van der Waals surface area contributed by atoms with Crippen molar-refractivity contribution in [2.45, 2.75) is 24.7 Å². The zero-order chi connectivity index (χ0) is 29.6. The highest BCUT2D eigenvalue weighted by molar-refractivity contribution is 6.01. The highest BCUT2D eigenvalue weighted by Gasteiger charge is 2.55. The minimum Gasteiger partial charge on any atom is -0.404 e. The molecule has 0 spiro atoms. The van der Waals surface area contributed by atoms with Crippen LogP contribution in [-0.4, -0.2) is 75.4 Å². The van der Waals surface area contributed by atoms with E-state index in [1.165, 1.54) is 30.5 Å². The van der Waals surface area contributed by atoms with E-state index in [1.807, 2.05) is 7.05 Å². The zero-order valence-corrected chi connectivity index (χ0v) is 22.5. The van der Waals surface area contributed by atoms with Crippen molar-refractivity contribution in [1.82, 2.24) is 24.3 Å². The molecular weight excluding hydrogens is 556 g/mol. The van der Waals surface area contributed by atoms with E-state index < -0.39 is 34.9 Å². The fraction of sp³-hybridized carbons (Fsp3) is 0.310. The predicted octanol–water partition coefficient (Wildman–Crippen LogP) is 4.20. The minimum atomic E-state index is -5.01. The summed E-state index contributed by atoms with van der Waals surface area (Å²) in [6, 6.07) is 9.69. The van der Waals surface area contributed by atoms with Crippen molar-refractivity contribution in [3.05, 3.63) is 77.4 Å². The first kappa shape index (κ1) is 27.8. The van der Waals surface area contributed by atoms with Gasteiger partial charge in [0.25, 0.3) is 5.56 Å². The third-order valence-corrected chi connectivity index (χ3v) is 7.81. The number of benzene rings is 2. The summed E-state index contributed by atoms with van der Waals surface area (Å²) in [6.45, 7) is 2.87. The Kier molecular flexibility index (Phi) is 6.93. The average Bonchev–Trinajstić information content (AvgIpc) is 3.77. The van der Waals surface area contributed by atoms with Crippen LogP contribution in [0.2, 0.25) is 0 Å². The van der Waals surface area contributed by atoms with Crippen LogP contribution in [0.4, 0.5) is 23.2 Å². The molecule has 0 unspecified atom stereocenters. The van der Waals surface area contributed by atoms with Gasteiger partial charge in [-0.05, 0) is 50.2 Å². The number of nitrogens with one attached hydrogen (secondary N) is 1. The predicted molar refractivity (Wildman–Crippen MR) is 147 cm³/mol. The second kappa shape index (κ2) is 10.5. The first-order valence-corrected chi connectivity index (χ1v) is 13.3. The molecule has 2 aliphatic rings. The van der Waals surface area contributed by atoms with Crippen LogP contribution in [0, 0.1) is 5.82 Å². The van der Waals surface area contributed by atoms with Gasteiger partial charge in [0, 0.05) is 49.7 Å². The second-order valence-corrected chi connectivity index (χ2v) is 10.5. The normalized spacial score (nSPS) is 17.3. The topological polar surface area (TPSA) is 92.6 Å². The van der Waals surface area contributed by atoms with Gasteiger partial charge in [-0.25, -0.2) is 9.37 Å². The molecule has 6 rings (SSSR count). The largest absolute Gasteiger partial charge is 0.573 e. The lowest BCUT2D eigenvalue weighted by atomic mass is 10.0. The Hall–Kier alpha value is -4.36. The molecule has 4 aromatic rings. The molecule has 1 aliphatic heterocycles. The van der Waals surface area contributed by atoms with Gasteiger partial charge >= 0.3 is 6.36 Å². The van der Waals surface area contributed by atoms with Crippen LogP contribution in [0.5, 0.6) is 5.75 Å². The lowest BCUT2D eigenvalue weighted by Gasteiger charge is -2.37. The summed E-state index contributed by atoms with van der Waals surface area (Å²) in [5, 5.41) is 2.59. The van der Waals surface area contributed by atoms with Crippen molar-refractivity contribution in [2.24, 2.45) is 0 Å². The van der Waals surface area contributed by atoms with Gasteiger partial charge < -0.3 is 15.0 Å². The number of ether oxygens (including phenoxy) is 1. The molecule has 1 saturated heterocycles. The van der Waals surface area contributed by atoms with E-state index >= 15 is 4.39 Å². The van der Waals surface area contributed by atoms with Gasteiger partial charge in [-0.3, -0.25) is 24.0 Å². The number of alkyl halides is 3. The number of halogens is 4. The molecule has 1 aliphatic carbocycles. The molecule has 13 heteroatoms. The standard InChI is InChI=1S/C29H26F4N6O3/c1-37-11-13-38(14-12-37)28(8-9-28)27(41)36-22-15-19(4-7-23(22)42-29(31,32)33)39-17-35-25-21(26(39)40)6-5-20(24(25)30)18-3-2-10-34-16-18/h2-7,10,15-17H,8-9,11-14H2,1H3,(H,36,41). The molecule has 2 fully saturated rings. The summed E-state index contributed by atoms with van der Waals surface area (Å²) in [6.07, 6.45) is 0.287. The highest BCUT2D eigenvalue weighted by atomic mass is 19.4. The number of piperazine rings is 1.